The van der Waals surface area contributed by atoms with Gasteiger partial charge in [-0.1, -0.05) is 27.7 Å². The van der Waals surface area contributed by atoms with E-state index in [1.807, 2.05) is 0 Å². The summed E-state index contributed by atoms with van der Waals surface area (Å²) in [5.41, 5.74) is 0.643. The highest BCUT2D eigenvalue weighted by molar-refractivity contribution is 9.12. The lowest BCUT2D eigenvalue weighted by Gasteiger charge is -2.04. The van der Waals surface area contributed by atoms with Crippen molar-refractivity contribution in [1.82, 2.24) is 5.32 Å². The largest absolute Gasteiger partial charge is 0.345 e. The standard InChI is InChI=1S/C11H16BrNO/c1-10(2)8(11(10,3)4)7-13-9(14)5-6-12/h8H,7H2,1-4H3,(H,13,14). The second-order valence-electron chi connectivity index (χ2n) is 4.93. The van der Waals surface area contributed by atoms with Crippen LogP contribution in [-0.4, -0.2) is 12.5 Å². The molecular weight excluding hydrogens is 242 g/mol. The van der Waals surface area contributed by atoms with Crippen molar-refractivity contribution in [3.8, 4) is 10.8 Å². The van der Waals surface area contributed by atoms with Gasteiger partial charge in [-0.05, 0) is 21.6 Å². The molecule has 1 fully saturated rings. The van der Waals surface area contributed by atoms with E-state index in [0.717, 1.165) is 6.54 Å². The summed E-state index contributed by atoms with van der Waals surface area (Å²) in [6.07, 6.45) is 0. The number of hydrogen-bond acceptors (Lipinski definition) is 1. The van der Waals surface area contributed by atoms with Crippen molar-refractivity contribution >= 4 is 21.8 Å². The Bertz CT molecular complexity index is 295. The molecule has 0 saturated heterocycles. The van der Waals surface area contributed by atoms with E-state index in [4.69, 9.17) is 0 Å². The second-order valence-corrected chi connectivity index (χ2v) is 5.32. The van der Waals surface area contributed by atoms with Crippen molar-refractivity contribution in [1.29, 1.82) is 0 Å². The number of rotatable bonds is 2. The Balaban J connectivity index is 2.42. The van der Waals surface area contributed by atoms with Gasteiger partial charge in [0.2, 0.25) is 0 Å². The van der Waals surface area contributed by atoms with E-state index >= 15 is 0 Å². The molecular formula is C11H16BrNO. The first-order valence-corrected chi connectivity index (χ1v) is 5.53. The van der Waals surface area contributed by atoms with Crippen molar-refractivity contribution in [2.75, 3.05) is 6.54 Å². The SMILES string of the molecule is CC1(C)C(CNC(=O)C#CBr)C1(C)C. The van der Waals surface area contributed by atoms with Gasteiger partial charge < -0.3 is 5.32 Å². The van der Waals surface area contributed by atoms with Gasteiger partial charge in [0.15, 0.2) is 0 Å². The number of amides is 1. The van der Waals surface area contributed by atoms with Crippen LogP contribution in [0.3, 0.4) is 0 Å². The van der Waals surface area contributed by atoms with Crippen molar-refractivity contribution in [3.05, 3.63) is 0 Å². The lowest BCUT2D eigenvalue weighted by atomic mass is 10.0. The van der Waals surface area contributed by atoms with Crippen molar-refractivity contribution < 1.29 is 4.79 Å². The van der Waals surface area contributed by atoms with E-state index in [9.17, 15) is 4.79 Å². The number of carbonyl (C=O) groups excluding carboxylic acids is 1. The molecule has 1 saturated carbocycles. The van der Waals surface area contributed by atoms with Crippen molar-refractivity contribution in [2.24, 2.45) is 16.7 Å². The van der Waals surface area contributed by atoms with Crippen LogP contribution in [0.1, 0.15) is 27.7 Å². The molecule has 0 aromatic carbocycles. The molecule has 3 heteroatoms. The molecule has 0 aromatic rings. The minimum absolute atomic E-state index is 0.208. The topological polar surface area (TPSA) is 29.1 Å². The number of carbonyl (C=O) groups is 1. The van der Waals surface area contributed by atoms with E-state index in [0.29, 0.717) is 16.7 Å². The van der Waals surface area contributed by atoms with Gasteiger partial charge in [0, 0.05) is 28.4 Å². The lowest BCUT2D eigenvalue weighted by Crippen LogP contribution is -2.25. The maximum absolute atomic E-state index is 11.1. The molecule has 0 aromatic heterocycles. The Morgan fingerprint density at radius 3 is 2.21 bits per heavy atom. The van der Waals surface area contributed by atoms with Crippen LogP contribution in [-0.2, 0) is 4.79 Å². The maximum Gasteiger partial charge on any atom is 0.296 e. The van der Waals surface area contributed by atoms with Gasteiger partial charge in [0.05, 0.1) is 0 Å². The Labute approximate surface area is 94.0 Å². The summed E-state index contributed by atoms with van der Waals surface area (Å²) in [7, 11) is 0. The van der Waals surface area contributed by atoms with Crippen LogP contribution in [0.2, 0.25) is 0 Å². The quantitative estimate of drug-likeness (QED) is 0.755. The minimum Gasteiger partial charge on any atom is -0.345 e. The summed E-state index contributed by atoms with van der Waals surface area (Å²) < 4.78 is 0. The van der Waals surface area contributed by atoms with E-state index in [1.54, 1.807) is 0 Å². The van der Waals surface area contributed by atoms with Gasteiger partial charge in [-0.15, -0.1) is 0 Å². The highest BCUT2D eigenvalue weighted by atomic mass is 79.9. The Morgan fingerprint density at radius 2 is 1.86 bits per heavy atom. The molecule has 1 N–H and O–H groups in total. The van der Waals surface area contributed by atoms with Gasteiger partial charge in [-0.2, -0.15) is 0 Å². The Kier molecular flexibility index (Phi) is 2.96. The van der Waals surface area contributed by atoms with Gasteiger partial charge in [-0.25, -0.2) is 0 Å². The molecule has 0 heterocycles. The first-order valence-electron chi connectivity index (χ1n) is 4.73. The molecule has 0 aliphatic heterocycles. The average molecular weight is 258 g/mol. The maximum atomic E-state index is 11.1. The molecule has 0 atom stereocenters. The van der Waals surface area contributed by atoms with E-state index in [-0.39, 0.29) is 5.91 Å². The first-order chi connectivity index (χ1) is 6.34. The first kappa shape index (κ1) is 11.6. The molecule has 1 aliphatic carbocycles. The minimum atomic E-state index is -0.208. The molecule has 0 unspecified atom stereocenters. The van der Waals surface area contributed by atoms with Crippen LogP contribution in [0.5, 0.6) is 0 Å². The molecule has 0 radical (unpaired) electrons. The van der Waals surface area contributed by atoms with Crippen molar-refractivity contribution in [3.63, 3.8) is 0 Å². The second kappa shape index (κ2) is 3.58. The smallest absolute Gasteiger partial charge is 0.296 e. The van der Waals surface area contributed by atoms with Crippen LogP contribution in [0, 0.1) is 27.5 Å². The van der Waals surface area contributed by atoms with Crippen LogP contribution in [0.4, 0.5) is 0 Å². The normalized spacial score (nSPS) is 22.1. The molecule has 78 valence electrons. The molecule has 14 heavy (non-hydrogen) atoms. The fraction of sp³-hybridized carbons (Fsp3) is 0.727. The van der Waals surface area contributed by atoms with Crippen LogP contribution >= 0.6 is 15.9 Å². The van der Waals surface area contributed by atoms with Crippen molar-refractivity contribution in [2.45, 2.75) is 27.7 Å². The van der Waals surface area contributed by atoms with Gasteiger partial charge in [0.25, 0.3) is 5.91 Å². The summed E-state index contributed by atoms with van der Waals surface area (Å²) in [6.45, 7) is 9.67. The third-order valence-electron chi connectivity index (χ3n) is 3.95. The Morgan fingerprint density at radius 1 is 1.36 bits per heavy atom. The van der Waals surface area contributed by atoms with E-state index < -0.39 is 0 Å². The fourth-order valence-corrected chi connectivity index (χ4v) is 2.31. The highest BCUT2D eigenvalue weighted by Crippen LogP contribution is 2.67. The zero-order valence-corrected chi connectivity index (χ0v) is 10.7. The number of hydrogen-bond donors (Lipinski definition) is 1. The molecule has 1 aliphatic rings. The highest BCUT2D eigenvalue weighted by Gasteiger charge is 2.64. The number of halogens is 1. The lowest BCUT2D eigenvalue weighted by molar-refractivity contribution is -0.115. The molecule has 2 nitrogen and oxygen atoms in total. The fourth-order valence-electron chi connectivity index (χ4n) is 2.13. The predicted molar refractivity (Wildman–Crippen MR) is 60.8 cm³/mol. The van der Waals surface area contributed by atoms with Gasteiger partial charge in [0.1, 0.15) is 0 Å². The predicted octanol–water partition coefficient (Wildman–Crippen LogP) is 2.14. The van der Waals surface area contributed by atoms with Crippen LogP contribution in [0.15, 0.2) is 0 Å². The summed E-state index contributed by atoms with van der Waals surface area (Å²) in [4.78, 5) is 13.5. The zero-order chi connectivity index (χ0) is 11.0. The van der Waals surface area contributed by atoms with E-state index in [1.165, 1.54) is 0 Å². The van der Waals surface area contributed by atoms with Gasteiger partial charge >= 0.3 is 0 Å². The third-order valence-corrected chi connectivity index (χ3v) is 4.15. The zero-order valence-electron chi connectivity index (χ0n) is 9.07. The molecule has 1 rings (SSSR count). The third kappa shape index (κ3) is 1.81. The monoisotopic (exact) mass is 257 g/mol. The Hall–Kier alpha value is -0.490. The molecule has 1 amide bonds. The molecule has 0 bridgehead atoms. The summed E-state index contributed by atoms with van der Waals surface area (Å²) in [6, 6.07) is 0. The summed E-state index contributed by atoms with van der Waals surface area (Å²) >= 11 is 2.90. The number of nitrogens with one attached hydrogen (secondary N) is 1. The average Bonchev–Trinajstić information content (AvgIpc) is 2.41. The summed E-state index contributed by atoms with van der Waals surface area (Å²) in [5, 5.41) is 2.81. The van der Waals surface area contributed by atoms with E-state index in [2.05, 4.69) is 59.7 Å². The molecule has 0 spiro atoms. The summed E-state index contributed by atoms with van der Waals surface area (Å²) in [5.74, 6) is 2.74. The van der Waals surface area contributed by atoms with Crippen LogP contribution < -0.4 is 5.32 Å². The van der Waals surface area contributed by atoms with Gasteiger partial charge in [-0.3, -0.25) is 4.79 Å². The van der Waals surface area contributed by atoms with Crippen LogP contribution in [0.25, 0.3) is 0 Å².